The van der Waals surface area contributed by atoms with Gasteiger partial charge in [0, 0.05) is 18.8 Å². The number of pyridine rings is 1. The zero-order valence-electron chi connectivity index (χ0n) is 12.8. The van der Waals surface area contributed by atoms with Crippen LogP contribution < -0.4 is 10.2 Å². The average molecular weight is 305 g/mol. The molecule has 7 heteroatoms. The van der Waals surface area contributed by atoms with Gasteiger partial charge in [0.2, 0.25) is 5.91 Å². The van der Waals surface area contributed by atoms with Crippen LogP contribution in [0, 0.1) is 0 Å². The minimum absolute atomic E-state index is 0.175. The molecule has 22 heavy (non-hydrogen) atoms. The molecule has 0 aromatic carbocycles. The summed E-state index contributed by atoms with van der Waals surface area (Å²) >= 11 is 0. The number of hydrogen-bond donors (Lipinski definition) is 1. The summed E-state index contributed by atoms with van der Waals surface area (Å²) in [6.45, 7) is 5.21. The van der Waals surface area contributed by atoms with Crippen molar-refractivity contribution < 1.29 is 19.1 Å². The van der Waals surface area contributed by atoms with Crippen LogP contribution in [0.25, 0.3) is 0 Å². The molecule has 1 aromatic heterocycles. The van der Waals surface area contributed by atoms with Crippen LogP contribution >= 0.6 is 0 Å². The molecule has 0 spiro atoms. The number of nitrogens with zero attached hydrogens (tertiary/aromatic N) is 2. The lowest BCUT2D eigenvalue weighted by atomic mass is 10.0. The highest BCUT2D eigenvalue weighted by Gasteiger charge is 2.36. The van der Waals surface area contributed by atoms with Crippen LogP contribution in [0.2, 0.25) is 0 Å². The van der Waals surface area contributed by atoms with Gasteiger partial charge in [-0.25, -0.2) is 9.69 Å². The molecule has 7 nitrogen and oxygen atoms in total. The topological polar surface area (TPSA) is 88.6 Å². The molecule has 2 heterocycles. The number of anilines is 1. The number of hydrogen-bond acceptors (Lipinski definition) is 5. The number of amides is 3. The van der Waals surface area contributed by atoms with Crippen molar-refractivity contribution in [3.05, 3.63) is 24.5 Å². The average Bonchev–Trinajstić information content (AvgIpc) is 2.41. The number of carbonyl (C=O) groups is 3. The van der Waals surface area contributed by atoms with Crippen molar-refractivity contribution in [3.63, 3.8) is 0 Å². The molecule has 1 N–H and O–H groups in total. The Labute approximate surface area is 128 Å². The predicted molar refractivity (Wildman–Crippen MR) is 79.1 cm³/mol. The molecule has 1 aromatic rings. The molecule has 0 aliphatic carbocycles. The molecule has 1 aliphatic rings. The fourth-order valence-electron chi connectivity index (χ4n) is 2.13. The maximum atomic E-state index is 12.5. The number of nitrogens with one attached hydrogen (secondary N) is 1. The molecule has 2 rings (SSSR count). The highest BCUT2D eigenvalue weighted by atomic mass is 16.6. The zero-order chi connectivity index (χ0) is 16.3. The fraction of sp³-hybridized carbons (Fsp3) is 0.467. The van der Waals surface area contributed by atoms with Crippen molar-refractivity contribution in [3.8, 4) is 0 Å². The van der Waals surface area contributed by atoms with Gasteiger partial charge in [0.15, 0.2) is 0 Å². The number of aromatic nitrogens is 1. The van der Waals surface area contributed by atoms with Crippen LogP contribution in [0.4, 0.5) is 10.5 Å². The first-order valence-corrected chi connectivity index (χ1v) is 7.04. The number of piperidine rings is 1. The van der Waals surface area contributed by atoms with Gasteiger partial charge >= 0.3 is 6.09 Å². The van der Waals surface area contributed by atoms with E-state index in [1.165, 1.54) is 12.4 Å². The normalized spacial score (nSPS) is 19.0. The summed E-state index contributed by atoms with van der Waals surface area (Å²) in [6.07, 6.45) is 2.77. The minimum Gasteiger partial charge on any atom is -0.444 e. The summed E-state index contributed by atoms with van der Waals surface area (Å²) in [5.74, 6) is -0.758. The van der Waals surface area contributed by atoms with E-state index in [0.717, 1.165) is 4.90 Å². The molecule has 1 fully saturated rings. The summed E-state index contributed by atoms with van der Waals surface area (Å²) < 4.78 is 5.14. The van der Waals surface area contributed by atoms with Gasteiger partial charge in [-0.05, 0) is 39.3 Å². The molecule has 118 valence electrons. The first-order chi connectivity index (χ1) is 10.3. The van der Waals surface area contributed by atoms with E-state index in [-0.39, 0.29) is 18.7 Å². The Bertz CT molecular complexity index is 580. The Morgan fingerprint density at radius 3 is 2.55 bits per heavy atom. The first-order valence-electron chi connectivity index (χ1n) is 7.04. The summed E-state index contributed by atoms with van der Waals surface area (Å²) in [4.78, 5) is 41.2. The third kappa shape index (κ3) is 3.81. The van der Waals surface area contributed by atoms with Gasteiger partial charge in [0.05, 0.1) is 5.69 Å². The van der Waals surface area contributed by atoms with Crippen molar-refractivity contribution in [2.75, 3.05) is 4.90 Å². The molecule has 1 atom stereocenters. The zero-order valence-corrected chi connectivity index (χ0v) is 12.8. The van der Waals surface area contributed by atoms with Crippen molar-refractivity contribution >= 4 is 23.6 Å². The van der Waals surface area contributed by atoms with Crippen LogP contribution in [0.5, 0.6) is 0 Å². The van der Waals surface area contributed by atoms with E-state index >= 15 is 0 Å². The lowest BCUT2D eigenvalue weighted by Crippen LogP contribution is -2.55. The molecule has 3 amide bonds. The van der Waals surface area contributed by atoms with Crippen molar-refractivity contribution in [1.29, 1.82) is 0 Å². The lowest BCUT2D eigenvalue weighted by Gasteiger charge is -2.31. The van der Waals surface area contributed by atoms with Gasteiger partial charge in [0.1, 0.15) is 11.6 Å². The largest absolute Gasteiger partial charge is 0.444 e. The van der Waals surface area contributed by atoms with Gasteiger partial charge in [-0.1, -0.05) is 0 Å². The molecule has 0 radical (unpaired) electrons. The van der Waals surface area contributed by atoms with Crippen LogP contribution in [0.3, 0.4) is 0 Å². The first kappa shape index (κ1) is 15.9. The lowest BCUT2D eigenvalue weighted by molar-refractivity contribution is -0.130. The number of ether oxygens (including phenoxy) is 1. The Balaban J connectivity index is 2.10. The van der Waals surface area contributed by atoms with Gasteiger partial charge in [0.25, 0.3) is 5.91 Å². The van der Waals surface area contributed by atoms with Crippen LogP contribution in [-0.2, 0) is 14.3 Å². The molecular weight excluding hydrogens is 286 g/mol. The molecule has 0 bridgehead atoms. The molecule has 0 saturated carbocycles. The predicted octanol–water partition coefficient (Wildman–Crippen LogP) is 1.63. The Morgan fingerprint density at radius 1 is 1.32 bits per heavy atom. The van der Waals surface area contributed by atoms with Gasteiger partial charge in [-0.2, -0.15) is 0 Å². The fourth-order valence-corrected chi connectivity index (χ4v) is 2.13. The maximum absolute atomic E-state index is 12.5. The van der Waals surface area contributed by atoms with Crippen molar-refractivity contribution in [1.82, 2.24) is 10.3 Å². The van der Waals surface area contributed by atoms with Gasteiger partial charge < -0.3 is 10.1 Å². The summed E-state index contributed by atoms with van der Waals surface area (Å²) in [7, 11) is 0. The van der Waals surface area contributed by atoms with Gasteiger partial charge in [-0.15, -0.1) is 0 Å². The SMILES string of the molecule is CC(C)(C)OC(=O)NC1CCC(=O)N(c2ccncc2)C1=O. The standard InChI is InChI=1S/C15H19N3O4/c1-15(2,3)22-14(21)17-11-4-5-12(19)18(13(11)20)10-6-8-16-9-7-10/h6-9,11H,4-5H2,1-3H3,(H,17,21). The smallest absolute Gasteiger partial charge is 0.408 e. The monoisotopic (exact) mass is 305 g/mol. The number of rotatable bonds is 2. The molecule has 1 aliphatic heterocycles. The van der Waals surface area contributed by atoms with E-state index in [2.05, 4.69) is 10.3 Å². The van der Waals surface area contributed by atoms with E-state index < -0.39 is 23.6 Å². The van der Waals surface area contributed by atoms with E-state index in [9.17, 15) is 14.4 Å². The number of carbonyl (C=O) groups excluding carboxylic acids is 3. The third-order valence-electron chi connectivity index (χ3n) is 3.03. The molecular formula is C15H19N3O4. The Morgan fingerprint density at radius 2 is 1.95 bits per heavy atom. The third-order valence-corrected chi connectivity index (χ3v) is 3.03. The highest BCUT2D eigenvalue weighted by molar-refractivity contribution is 6.18. The van der Waals surface area contributed by atoms with Crippen molar-refractivity contribution in [2.24, 2.45) is 0 Å². The summed E-state index contributed by atoms with van der Waals surface area (Å²) in [6, 6.07) is 2.37. The summed E-state index contributed by atoms with van der Waals surface area (Å²) in [5.41, 5.74) is -0.205. The summed E-state index contributed by atoms with van der Waals surface area (Å²) in [5, 5.41) is 2.53. The van der Waals surface area contributed by atoms with Gasteiger partial charge in [-0.3, -0.25) is 14.6 Å². The van der Waals surface area contributed by atoms with Crippen molar-refractivity contribution in [2.45, 2.75) is 45.3 Å². The number of imide groups is 1. The molecule has 1 unspecified atom stereocenters. The second kappa shape index (κ2) is 6.13. The quantitative estimate of drug-likeness (QED) is 0.839. The second-order valence-corrected chi connectivity index (χ2v) is 6.01. The van der Waals surface area contributed by atoms with Crippen LogP contribution in [0.1, 0.15) is 33.6 Å². The Kier molecular flexibility index (Phi) is 4.44. The van der Waals surface area contributed by atoms with Crippen LogP contribution in [0.15, 0.2) is 24.5 Å². The van der Waals surface area contributed by atoms with Crippen LogP contribution in [-0.4, -0.2) is 34.5 Å². The van der Waals surface area contributed by atoms with E-state index in [1.807, 2.05) is 0 Å². The minimum atomic E-state index is -0.777. The van der Waals surface area contributed by atoms with E-state index in [1.54, 1.807) is 32.9 Å². The van der Waals surface area contributed by atoms with E-state index in [4.69, 9.17) is 4.74 Å². The Hall–Kier alpha value is -2.44. The highest BCUT2D eigenvalue weighted by Crippen LogP contribution is 2.21. The second-order valence-electron chi connectivity index (χ2n) is 6.01. The number of alkyl carbamates (subject to hydrolysis) is 1. The maximum Gasteiger partial charge on any atom is 0.408 e. The van der Waals surface area contributed by atoms with E-state index in [0.29, 0.717) is 5.69 Å². The molecule has 1 saturated heterocycles.